The number of hydrogen-bond acceptors (Lipinski definition) is 12. The molecule has 2 unspecified atom stereocenters. The van der Waals surface area contributed by atoms with Crippen LogP contribution in [0.2, 0.25) is 0 Å². The van der Waals surface area contributed by atoms with Crippen LogP contribution in [0.5, 0.6) is 0 Å². The Balaban J connectivity index is 1.79. The summed E-state index contributed by atoms with van der Waals surface area (Å²) in [6.45, 7) is 0.577. The van der Waals surface area contributed by atoms with E-state index >= 15 is 0 Å². The summed E-state index contributed by atoms with van der Waals surface area (Å²) in [5.74, 6) is -0.0934. The van der Waals surface area contributed by atoms with Crippen molar-refractivity contribution in [3.8, 4) is 0 Å². The van der Waals surface area contributed by atoms with E-state index in [1.807, 2.05) is 0 Å². The molecule has 184 valence electrons. The van der Waals surface area contributed by atoms with Gasteiger partial charge in [0, 0.05) is 18.9 Å². The predicted octanol–water partition coefficient (Wildman–Crippen LogP) is 0.709. The van der Waals surface area contributed by atoms with E-state index in [9.17, 15) is 33.7 Å². The molecule has 3 rings (SSSR count). The Morgan fingerprint density at radius 3 is 2.42 bits per heavy atom. The van der Waals surface area contributed by atoms with Crippen LogP contribution in [0.15, 0.2) is 18.4 Å². The van der Waals surface area contributed by atoms with Crippen molar-refractivity contribution < 1.29 is 56.6 Å². The first-order valence-corrected chi connectivity index (χ1v) is 13.3. The first kappa shape index (κ1) is 25.9. The summed E-state index contributed by atoms with van der Waals surface area (Å²) in [7, 11) is -15.0. The summed E-state index contributed by atoms with van der Waals surface area (Å²) in [5, 5.41) is 23.9. The lowest BCUT2D eigenvalue weighted by Gasteiger charge is -2.28. The van der Waals surface area contributed by atoms with Gasteiger partial charge in [0.1, 0.15) is 24.5 Å². The average molecular weight is 531 g/mol. The number of allylic oxidation sites excluding steroid dienone is 1. The van der Waals surface area contributed by atoms with E-state index in [2.05, 4.69) is 33.4 Å². The van der Waals surface area contributed by atoms with Gasteiger partial charge in [-0.25, -0.2) is 28.6 Å². The molecule has 1 aliphatic carbocycles. The molecule has 0 saturated heterocycles. The molecule has 7 N–H and O–H groups in total. The molecule has 0 saturated carbocycles. The zero-order valence-corrected chi connectivity index (χ0v) is 19.6. The van der Waals surface area contributed by atoms with Crippen LogP contribution < -0.4 is 5.32 Å². The highest BCUT2D eigenvalue weighted by Gasteiger charge is 2.48. The van der Waals surface area contributed by atoms with Gasteiger partial charge in [0.2, 0.25) is 0 Å². The lowest BCUT2D eigenvalue weighted by Crippen LogP contribution is -2.33. The first-order chi connectivity index (χ1) is 15.1. The second-order valence-corrected chi connectivity index (χ2v) is 11.6. The third-order valence-corrected chi connectivity index (χ3v) is 8.40. The molecule has 20 heteroatoms. The number of nitrogens with zero attached hydrogens (tertiary/aromatic N) is 4. The Morgan fingerprint density at radius 1 is 1.15 bits per heavy atom. The molecule has 0 amide bonds. The standard InChI is InChI=1S/C13H20N5O12P3/c1-13(4-28-32(24,25)30-33(26,27)29-31(21,22)23)3-7(9(19)10(13)20)18-6-17-8-11(14-2)15-5-16-12(8)18/h5-6,10,19-20H,3-4H2,1-2H3,(H,24,25)(H,26,27)(H,14,15,16)(H2,21,22,23)/t10-,13+/m0/s1. The number of phosphoric acid groups is 3. The van der Waals surface area contributed by atoms with E-state index in [-0.39, 0.29) is 12.1 Å². The van der Waals surface area contributed by atoms with Gasteiger partial charge < -0.3 is 35.1 Å². The smallest absolute Gasteiger partial charge is 0.490 e. The molecule has 0 aromatic carbocycles. The van der Waals surface area contributed by atoms with Crippen LogP contribution in [-0.4, -0.2) is 69.1 Å². The van der Waals surface area contributed by atoms with Crippen LogP contribution in [0.4, 0.5) is 5.82 Å². The molecule has 17 nitrogen and oxygen atoms in total. The number of phosphoric ester groups is 1. The van der Waals surface area contributed by atoms with Gasteiger partial charge in [-0.2, -0.15) is 8.62 Å². The minimum atomic E-state index is -5.69. The van der Waals surface area contributed by atoms with Gasteiger partial charge in [-0.05, 0) is 0 Å². The summed E-state index contributed by atoms with van der Waals surface area (Å²) in [6.07, 6.45) is 0.833. The normalized spacial score (nSPS) is 25.2. The topological polar surface area (TPSA) is 256 Å². The van der Waals surface area contributed by atoms with Crippen molar-refractivity contribution in [3.05, 3.63) is 18.4 Å². The Morgan fingerprint density at radius 2 is 1.82 bits per heavy atom. The molecule has 2 heterocycles. The lowest BCUT2D eigenvalue weighted by atomic mass is 9.86. The fourth-order valence-electron chi connectivity index (χ4n) is 3.14. The molecule has 0 spiro atoms. The van der Waals surface area contributed by atoms with Crippen molar-refractivity contribution in [2.24, 2.45) is 5.41 Å². The second-order valence-electron chi connectivity index (χ2n) is 7.19. The third kappa shape index (κ3) is 5.67. The van der Waals surface area contributed by atoms with Crippen molar-refractivity contribution in [3.63, 3.8) is 0 Å². The Bertz CT molecular complexity index is 1240. The van der Waals surface area contributed by atoms with Gasteiger partial charge in [-0.3, -0.25) is 9.09 Å². The zero-order valence-electron chi connectivity index (χ0n) is 16.9. The maximum absolute atomic E-state index is 12.0. The molecule has 0 aliphatic heterocycles. The number of hydrogen-bond donors (Lipinski definition) is 7. The second kappa shape index (κ2) is 8.80. The summed E-state index contributed by atoms with van der Waals surface area (Å²) < 4.78 is 47.5. The number of anilines is 1. The van der Waals surface area contributed by atoms with Crippen molar-refractivity contribution in [1.29, 1.82) is 0 Å². The SMILES string of the molecule is CNc1ncnc2c1ncn2C1=C(O)[C@H](O)[C@@](C)(COP(=O)(O)OP(=O)(O)OP(=O)(O)O)C1. The molecule has 4 atom stereocenters. The highest BCUT2D eigenvalue weighted by atomic mass is 31.3. The van der Waals surface area contributed by atoms with E-state index in [1.165, 1.54) is 24.1 Å². The molecule has 0 fully saturated rings. The van der Waals surface area contributed by atoms with Gasteiger partial charge in [-0.1, -0.05) is 6.92 Å². The van der Waals surface area contributed by atoms with Gasteiger partial charge in [-0.15, -0.1) is 0 Å². The molecule has 2 aromatic heterocycles. The third-order valence-electron chi connectivity index (χ3n) is 4.62. The average Bonchev–Trinajstić information content (AvgIpc) is 3.19. The van der Waals surface area contributed by atoms with Crippen LogP contribution in [0, 0.1) is 5.41 Å². The van der Waals surface area contributed by atoms with E-state index in [0.717, 1.165) is 0 Å². The van der Waals surface area contributed by atoms with E-state index in [4.69, 9.17) is 9.79 Å². The summed E-state index contributed by atoms with van der Waals surface area (Å²) in [5.41, 5.74) is -0.639. The number of aromatic nitrogens is 4. The van der Waals surface area contributed by atoms with E-state index in [0.29, 0.717) is 17.0 Å². The van der Waals surface area contributed by atoms with Crippen molar-refractivity contribution in [1.82, 2.24) is 19.5 Å². The van der Waals surface area contributed by atoms with Crippen molar-refractivity contribution in [2.45, 2.75) is 19.4 Å². The fraction of sp³-hybridized carbons (Fsp3) is 0.462. The summed E-state index contributed by atoms with van der Waals surface area (Å²) in [4.78, 5) is 48.3. The monoisotopic (exact) mass is 531 g/mol. The van der Waals surface area contributed by atoms with Gasteiger partial charge >= 0.3 is 23.5 Å². The van der Waals surface area contributed by atoms with Gasteiger partial charge in [0.25, 0.3) is 0 Å². The number of aliphatic hydroxyl groups is 2. The maximum atomic E-state index is 12.0. The lowest BCUT2D eigenvalue weighted by molar-refractivity contribution is 0.0113. The van der Waals surface area contributed by atoms with E-state index < -0.39 is 47.4 Å². The number of nitrogens with one attached hydrogen (secondary N) is 1. The van der Waals surface area contributed by atoms with Crippen LogP contribution in [0.25, 0.3) is 16.9 Å². The maximum Gasteiger partial charge on any atom is 0.490 e. The molecular formula is C13H20N5O12P3. The number of rotatable bonds is 9. The summed E-state index contributed by atoms with van der Waals surface area (Å²) in [6, 6.07) is 0. The highest BCUT2D eigenvalue weighted by molar-refractivity contribution is 7.66. The van der Waals surface area contributed by atoms with E-state index in [1.54, 1.807) is 7.05 Å². The van der Waals surface area contributed by atoms with Gasteiger partial charge in [0.05, 0.1) is 12.3 Å². The molecular weight excluding hydrogens is 511 g/mol. The molecule has 1 aliphatic rings. The number of fused-ring (bicyclic) bond motifs is 1. The van der Waals surface area contributed by atoms with Crippen LogP contribution in [-0.2, 0) is 26.8 Å². The molecule has 33 heavy (non-hydrogen) atoms. The fourth-order valence-corrected chi connectivity index (χ4v) is 6.30. The van der Waals surface area contributed by atoms with Crippen LogP contribution in [0.1, 0.15) is 13.3 Å². The molecule has 0 radical (unpaired) electrons. The predicted molar refractivity (Wildman–Crippen MR) is 109 cm³/mol. The summed E-state index contributed by atoms with van der Waals surface area (Å²) >= 11 is 0. The zero-order chi connectivity index (χ0) is 24.8. The largest absolute Gasteiger partial charge is 0.508 e. The molecule has 2 aromatic rings. The van der Waals surface area contributed by atoms with Crippen molar-refractivity contribution in [2.75, 3.05) is 19.0 Å². The Kier molecular flexibility index (Phi) is 6.90. The Labute approximate surface area is 185 Å². The quantitative estimate of drug-likeness (QED) is 0.220. The minimum absolute atomic E-state index is 0.139. The van der Waals surface area contributed by atoms with Crippen molar-refractivity contribution >= 4 is 46.1 Å². The number of imidazole rings is 1. The first-order valence-electron chi connectivity index (χ1n) is 8.82. The molecule has 0 bridgehead atoms. The van der Waals surface area contributed by atoms with Gasteiger partial charge in [0.15, 0.2) is 17.0 Å². The number of aliphatic hydroxyl groups excluding tert-OH is 2. The van der Waals surface area contributed by atoms with Crippen LogP contribution in [0.3, 0.4) is 0 Å². The highest BCUT2D eigenvalue weighted by Crippen LogP contribution is 2.66. The Hall–Kier alpha value is -1.74. The minimum Gasteiger partial charge on any atom is -0.508 e. The van der Waals surface area contributed by atoms with Crippen LogP contribution >= 0.6 is 23.5 Å².